The van der Waals surface area contributed by atoms with Crippen LogP contribution < -0.4 is 10.2 Å². The van der Waals surface area contributed by atoms with Crippen molar-refractivity contribution in [2.45, 2.75) is 6.42 Å². The number of anilines is 2. The molecule has 1 aliphatic heterocycles. The lowest BCUT2D eigenvalue weighted by Crippen LogP contribution is -2.28. The summed E-state index contributed by atoms with van der Waals surface area (Å²) in [6.45, 7) is 0.338. The third-order valence-electron chi connectivity index (χ3n) is 3.84. The SMILES string of the molecule is O=C(Nc1cccc(Cl)c1Cl)[C@H]1CC(=O)N(c2ccc(Br)cc2)C1. The molecule has 4 nitrogen and oxygen atoms in total. The first-order chi connectivity index (χ1) is 11.5. The van der Waals surface area contributed by atoms with Crippen molar-refractivity contribution in [3.63, 3.8) is 0 Å². The number of rotatable bonds is 3. The molecule has 1 N–H and O–H groups in total. The molecule has 0 saturated carbocycles. The maximum atomic E-state index is 12.5. The summed E-state index contributed by atoms with van der Waals surface area (Å²) in [4.78, 5) is 26.3. The molecule has 0 unspecified atom stereocenters. The molecule has 2 aromatic rings. The fourth-order valence-electron chi connectivity index (χ4n) is 2.59. The maximum absolute atomic E-state index is 12.5. The van der Waals surface area contributed by atoms with Gasteiger partial charge < -0.3 is 10.2 Å². The molecular weight excluding hydrogens is 415 g/mol. The normalized spacial score (nSPS) is 17.2. The van der Waals surface area contributed by atoms with Crippen molar-refractivity contribution >= 4 is 62.3 Å². The third-order valence-corrected chi connectivity index (χ3v) is 5.19. The Morgan fingerprint density at radius 3 is 2.58 bits per heavy atom. The van der Waals surface area contributed by atoms with Gasteiger partial charge in [0.25, 0.3) is 0 Å². The largest absolute Gasteiger partial charge is 0.324 e. The summed E-state index contributed by atoms with van der Waals surface area (Å²) >= 11 is 15.4. The second kappa shape index (κ2) is 7.13. The van der Waals surface area contributed by atoms with Crippen LogP contribution in [-0.2, 0) is 9.59 Å². The van der Waals surface area contributed by atoms with E-state index in [9.17, 15) is 9.59 Å². The Morgan fingerprint density at radius 1 is 1.17 bits per heavy atom. The van der Waals surface area contributed by atoms with E-state index in [1.54, 1.807) is 23.1 Å². The first kappa shape index (κ1) is 17.3. The number of amides is 2. The Bertz CT molecular complexity index is 796. The highest BCUT2D eigenvalue weighted by Crippen LogP contribution is 2.31. The Morgan fingerprint density at radius 2 is 1.88 bits per heavy atom. The molecule has 1 heterocycles. The Kier molecular flexibility index (Phi) is 5.13. The first-order valence-electron chi connectivity index (χ1n) is 7.26. The van der Waals surface area contributed by atoms with Gasteiger partial charge in [0.2, 0.25) is 11.8 Å². The van der Waals surface area contributed by atoms with E-state index in [0.717, 1.165) is 10.2 Å². The quantitative estimate of drug-likeness (QED) is 0.768. The molecule has 2 amide bonds. The molecule has 3 rings (SSSR count). The van der Waals surface area contributed by atoms with E-state index in [2.05, 4.69) is 21.2 Å². The number of hydrogen-bond donors (Lipinski definition) is 1. The van der Waals surface area contributed by atoms with E-state index < -0.39 is 5.92 Å². The van der Waals surface area contributed by atoms with Gasteiger partial charge in [0, 0.05) is 23.1 Å². The van der Waals surface area contributed by atoms with Gasteiger partial charge in [-0.1, -0.05) is 45.2 Å². The van der Waals surface area contributed by atoms with Crippen LogP contribution in [0, 0.1) is 5.92 Å². The summed E-state index contributed by atoms with van der Waals surface area (Å²) in [5, 5.41) is 3.42. The van der Waals surface area contributed by atoms with E-state index in [1.165, 1.54) is 0 Å². The Balaban J connectivity index is 1.72. The number of nitrogens with one attached hydrogen (secondary N) is 1. The zero-order valence-corrected chi connectivity index (χ0v) is 15.5. The third kappa shape index (κ3) is 3.58. The van der Waals surface area contributed by atoms with Crippen molar-refractivity contribution in [1.29, 1.82) is 0 Å². The number of halogens is 3. The second-order valence-electron chi connectivity index (χ2n) is 5.47. The fraction of sp³-hybridized carbons (Fsp3) is 0.176. The van der Waals surface area contributed by atoms with Crippen LogP contribution in [0.15, 0.2) is 46.9 Å². The fourth-order valence-corrected chi connectivity index (χ4v) is 3.20. The molecule has 124 valence electrons. The smallest absolute Gasteiger partial charge is 0.229 e. The highest BCUT2D eigenvalue weighted by atomic mass is 79.9. The van der Waals surface area contributed by atoms with Crippen molar-refractivity contribution in [3.05, 3.63) is 57.0 Å². The van der Waals surface area contributed by atoms with Crippen molar-refractivity contribution < 1.29 is 9.59 Å². The average molecular weight is 428 g/mol. The van der Waals surface area contributed by atoms with Gasteiger partial charge in [0.15, 0.2) is 0 Å². The van der Waals surface area contributed by atoms with Gasteiger partial charge in [-0.2, -0.15) is 0 Å². The van der Waals surface area contributed by atoms with Gasteiger partial charge in [0.1, 0.15) is 0 Å². The summed E-state index contributed by atoms with van der Waals surface area (Å²) in [7, 11) is 0. The zero-order valence-electron chi connectivity index (χ0n) is 12.4. The number of benzene rings is 2. The van der Waals surface area contributed by atoms with Crippen molar-refractivity contribution in [2.24, 2.45) is 5.92 Å². The molecule has 1 aliphatic rings. The minimum absolute atomic E-state index is 0.0744. The molecule has 0 bridgehead atoms. The summed E-state index contributed by atoms with van der Waals surface area (Å²) in [5.41, 5.74) is 1.22. The van der Waals surface area contributed by atoms with Crippen LogP contribution in [0.25, 0.3) is 0 Å². The van der Waals surface area contributed by atoms with Crippen molar-refractivity contribution in [3.8, 4) is 0 Å². The number of nitrogens with zero attached hydrogens (tertiary/aromatic N) is 1. The van der Waals surface area contributed by atoms with Gasteiger partial charge in [0.05, 0.1) is 21.7 Å². The van der Waals surface area contributed by atoms with Gasteiger partial charge in [-0.3, -0.25) is 9.59 Å². The summed E-state index contributed by atoms with van der Waals surface area (Å²) in [5.74, 6) is -0.752. The molecule has 0 aromatic heterocycles. The zero-order chi connectivity index (χ0) is 17.3. The van der Waals surface area contributed by atoms with E-state index in [4.69, 9.17) is 23.2 Å². The summed E-state index contributed by atoms with van der Waals surface area (Å²) in [6.07, 6.45) is 0.167. The van der Waals surface area contributed by atoms with E-state index in [1.807, 2.05) is 24.3 Å². The monoisotopic (exact) mass is 426 g/mol. The lowest BCUT2D eigenvalue weighted by atomic mass is 10.1. The standard InChI is InChI=1S/C17H13BrCl2N2O2/c18-11-4-6-12(7-5-11)22-9-10(8-15(22)23)17(24)21-14-3-1-2-13(19)16(14)20/h1-7,10H,8-9H2,(H,21,24)/t10-/m0/s1. The average Bonchev–Trinajstić information content (AvgIpc) is 2.94. The topological polar surface area (TPSA) is 49.4 Å². The molecule has 1 atom stereocenters. The molecule has 1 fully saturated rings. The van der Waals surface area contributed by atoms with Crippen LogP contribution in [0.1, 0.15) is 6.42 Å². The minimum Gasteiger partial charge on any atom is -0.324 e. The van der Waals surface area contributed by atoms with Crippen LogP contribution in [-0.4, -0.2) is 18.4 Å². The number of carbonyl (C=O) groups excluding carboxylic acids is 2. The molecular formula is C17H13BrCl2N2O2. The molecule has 1 saturated heterocycles. The van der Waals surface area contributed by atoms with Gasteiger partial charge >= 0.3 is 0 Å². The van der Waals surface area contributed by atoms with Gasteiger partial charge in [-0.25, -0.2) is 0 Å². The highest BCUT2D eigenvalue weighted by molar-refractivity contribution is 9.10. The lowest BCUT2D eigenvalue weighted by Gasteiger charge is -2.17. The summed E-state index contributed by atoms with van der Waals surface area (Å²) in [6, 6.07) is 12.4. The van der Waals surface area contributed by atoms with E-state index >= 15 is 0 Å². The van der Waals surface area contributed by atoms with E-state index in [-0.39, 0.29) is 18.2 Å². The van der Waals surface area contributed by atoms with Crippen LogP contribution in [0.5, 0.6) is 0 Å². The molecule has 0 spiro atoms. The van der Waals surface area contributed by atoms with Crippen LogP contribution in [0.3, 0.4) is 0 Å². The molecule has 24 heavy (non-hydrogen) atoms. The maximum Gasteiger partial charge on any atom is 0.229 e. The first-order valence-corrected chi connectivity index (χ1v) is 8.81. The predicted molar refractivity (Wildman–Crippen MR) is 99.7 cm³/mol. The molecule has 7 heteroatoms. The van der Waals surface area contributed by atoms with Crippen LogP contribution in [0.2, 0.25) is 10.0 Å². The Labute approximate surface area is 157 Å². The highest BCUT2D eigenvalue weighted by Gasteiger charge is 2.35. The van der Waals surface area contributed by atoms with Crippen molar-refractivity contribution in [1.82, 2.24) is 0 Å². The van der Waals surface area contributed by atoms with Crippen LogP contribution >= 0.6 is 39.1 Å². The molecule has 0 aliphatic carbocycles. The summed E-state index contributed by atoms with van der Waals surface area (Å²) < 4.78 is 0.933. The van der Waals surface area contributed by atoms with E-state index in [0.29, 0.717) is 22.3 Å². The van der Waals surface area contributed by atoms with Crippen molar-refractivity contribution in [2.75, 3.05) is 16.8 Å². The Hall–Kier alpha value is -1.56. The molecule has 2 aromatic carbocycles. The van der Waals surface area contributed by atoms with Crippen LogP contribution in [0.4, 0.5) is 11.4 Å². The second-order valence-corrected chi connectivity index (χ2v) is 7.17. The number of hydrogen-bond acceptors (Lipinski definition) is 2. The van der Waals surface area contributed by atoms with Gasteiger partial charge in [-0.05, 0) is 36.4 Å². The lowest BCUT2D eigenvalue weighted by molar-refractivity contribution is -0.122. The molecule has 0 radical (unpaired) electrons. The number of carbonyl (C=O) groups is 2. The van der Waals surface area contributed by atoms with Gasteiger partial charge in [-0.15, -0.1) is 0 Å². The predicted octanol–water partition coefficient (Wildman–Crippen LogP) is 4.75. The minimum atomic E-state index is -0.434.